The number of rotatable bonds is 8. The van der Waals surface area contributed by atoms with Crippen LogP contribution in [0.4, 0.5) is 5.13 Å². The number of amides is 1. The highest BCUT2D eigenvalue weighted by atomic mass is 32.1. The molecule has 8 heteroatoms. The van der Waals surface area contributed by atoms with Gasteiger partial charge in [-0.1, -0.05) is 60.7 Å². The smallest absolute Gasteiger partial charge is 0.301 e. The van der Waals surface area contributed by atoms with Crippen LogP contribution in [0.1, 0.15) is 48.6 Å². The van der Waals surface area contributed by atoms with E-state index in [1.54, 1.807) is 42.5 Å². The van der Waals surface area contributed by atoms with Gasteiger partial charge in [0, 0.05) is 5.56 Å². The Morgan fingerprint density at radius 1 is 1.00 bits per heavy atom. The Balaban J connectivity index is 1.73. The Morgan fingerprint density at radius 2 is 1.77 bits per heavy atom. The average molecular weight is 543 g/mol. The van der Waals surface area contributed by atoms with Crippen molar-refractivity contribution >= 4 is 44.1 Å². The maximum Gasteiger partial charge on any atom is 0.301 e. The maximum absolute atomic E-state index is 13.6. The first-order valence-electron chi connectivity index (χ1n) is 13.0. The normalized spacial score (nSPS) is 16.7. The van der Waals surface area contributed by atoms with Crippen molar-refractivity contribution in [1.29, 1.82) is 0 Å². The zero-order valence-electron chi connectivity index (χ0n) is 22.4. The van der Waals surface area contributed by atoms with Gasteiger partial charge < -0.3 is 14.6 Å². The number of aliphatic hydroxyl groups is 1. The van der Waals surface area contributed by atoms with Crippen LogP contribution >= 0.6 is 11.3 Å². The molecule has 200 valence electrons. The number of hydrogen-bond acceptors (Lipinski definition) is 7. The molecule has 2 heterocycles. The zero-order chi connectivity index (χ0) is 27.7. The Hall–Kier alpha value is -4.17. The standard InChI is InChI=1S/C31H30N2O5S/c1-5-14-38-22-13-12-21(17-23(22)37-6-2)27-25(28(34)20-10-8-7-9-11-20)29(35)30(36)33(27)31-32-26-19(4)15-18(3)16-24(26)39-31/h7-13,15-17,27,34H,5-6,14H2,1-4H3. The van der Waals surface area contributed by atoms with E-state index in [9.17, 15) is 14.7 Å². The van der Waals surface area contributed by atoms with Crippen molar-refractivity contribution in [2.75, 3.05) is 18.1 Å². The van der Waals surface area contributed by atoms with E-state index in [1.807, 2.05) is 45.9 Å². The summed E-state index contributed by atoms with van der Waals surface area (Å²) in [5, 5.41) is 11.8. The fourth-order valence-corrected chi connectivity index (χ4v) is 6.02. The summed E-state index contributed by atoms with van der Waals surface area (Å²) in [4.78, 5) is 33.4. The van der Waals surface area contributed by atoms with E-state index in [0.29, 0.717) is 41.0 Å². The predicted octanol–water partition coefficient (Wildman–Crippen LogP) is 6.73. The SMILES string of the molecule is CCCOc1ccc(C2C(=C(O)c3ccccc3)C(=O)C(=O)N2c2nc3c(C)cc(C)cc3s2)cc1OCC. The lowest BCUT2D eigenvalue weighted by Crippen LogP contribution is -2.29. The molecule has 7 nitrogen and oxygen atoms in total. The van der Waals surface area contributed by atoms with Crippen molar-refractivity contribution in [3.8, 4) is 11.5 Å². The highest BCUT2D eigenvalue weighted by molar-refractivity contribution is 7.22. The van der Waals surface area contributed by atoms with Crippen LogP contribution in [0.15, 0.2) is 66.2 Å². The summed E-state index contributed by atoms with van der Waals surface area (Å²) in [6.45, 7) is 8.82. The monoisotopic (exact) mass is 542 g/mol. The van der Waals surface area contributed by atoms with Crippen LogP contribution in [0.25, 0.3) is 16.0 Å². The van der Waals surface area contributed by atoms with Gasteiger partial charge in [0.25, 0.3) is 5.78 Å². The number of aliphatic hydroxyl groups excluding tert-OH is 1. The lowest BCUT2D eigenvalue weighted by Gasteiger charge is -2.24. The van der Waals surface area contributed by atoms with Crippen LogP contribution in [-0.2, 0) is 9.59 Å². The molecule has 1 atom stereocenters. The Kier molecular flexibility index (Phi) is 7.39. The van der Waals surface area contributed by atoms with Gasteiger partial charge in [-0.3, -0.25) is 14.5 Å². The quantitative estimate of drug-likeness (QED) is 0.151. The van der Waals surface area contributed by atoms with Crippen molar-refractivity contribution in [2.45, 2.75) is 40.2 Å². The summed E-state index contributed by atoms with van der Waals surface area (Å²) in [7, 11) is 0. The highest BCUT2D eigenvalue weighted by Gasteiger charge is 2.48. The van der Waals surface area contributed by atoms with Gasteiger partial charge in [0.1, 0.15) is 5.76 Å². The Morgan fingerprint density at radius 3 is 2.49 bits per heavy atom. The zero-order valence-corrected chi connectivity index (χ0v) is 23.2. The number of aryl methyl sites for hydroxylation is 2. The second-order valence-electron chi connectivity index (χ2n) is 9.45. The first kappa shape index (κ1) is 26.4. The number of anilines is 1. The molecule has 0 bridgehead atoms. The first-order valence-corrected chi connectivity index (χ1v) is 13.8. The number of Topliss-reactive ketones (excluding diaryl/α,β-unsaturated/α-hetero) is 1. The molecule has 39 heavy (non-hydrogen) atoms. The van der Waals surface area contributed by atoms with E-state index < -0.39 is 17.7 Å². The molecule has 0 radical (unpaired) electrons. The van der Waals surface area contributed by atoms with Gasteiger partial charge in [0.15, 0.2) is 16.6 Å². The third-order valence-electron chi connectivity index (χ3n) is 6.56. The molecule has 1 fully saturated rings. The minimum atomic E-state index is -0.911. The summed E-state index contributed by atoms with van der Waals surface area (Å²) in [5.74, 6) is -0.662. The number of carbonyl (C=O) groups excluding carboxylic acids is 2. The first-order chi connectivity index (χ1) is 18.8. The molecular weight excluding hydrogens is 512 g/mol. The maximum atomic E-state index is 13.6. The number of benzene rings is 3. The molecule has 1 amide bonds. The largest absolute Gasteiger partial charge is 0.507 e. The van der Waals surface area contributed by atoms with E-state index >= 15 is 0 Å². The molecule has 4 aromatic rings. The lowest BCUT2D eigenvalue weighted by molar-refractivity contribution is -0.132. The molecule has 1 N–H and O–H groups in total. The van der Waals surface area contributed by atoms with Crippen molar-refractivity contribution in [3.05, 3.63) is 88.5 Å². The second kappa shape index (κ2) is 10.9. The van der Waals surface area contributed by atoms with Crippen molar-refractivity contribution in [1.82, 2.24) is 4.98 Å². The van der Waals surface area contributed by atoms with E-state index in [0.717, 1.165) is 27.8 Å². The fraction of sp³-hybridized carbons (Fsp3) is 0.258. The van der Waals surface area contributed by atoms with Crippen LogP contribution in [0.3, 0.4) is 0 Å². The number of aromatic nitrogens is 1. The average Bonchev–Trinajstić information content (AvgIpc) is 3.46. The molecule has 3 aromatic carbocycles. The molecular formula is C31H30N2O5S. The number of ketones is 1. The number of nitrogens with zero attached hydrogens (tertiary/aromatic N) is 2. The second-order valence-corrected chi connectivity index (χ2v) is 10.5. The number of ether oxygens (including phenoxy) is 2. The van der Waals surface area contributed by atoms with Gasteiger partial charge in [0.2, 0.25) is 0 Å². The van der Waals surface area contributed by atoms with Gasteiger partial charge in [-0.05, 0) is 62.1 Å². The van der Waals surface area contributed by atoms with Gasteiger partial charge in [-0.2, -0.15) is 0 Å². The van der Waals surface area contributed by atoms with Crippen LogP contribution in [0, 0.1) is 13.8 Å². The van der Waals surface area contributed by atoms with E-state index in [4.69, 9.17) is 14.5 Å². The summed E-state index contributed by atoms with van der Waals surface area (Å²) in [6.07, 6.45) is 0.834. The molecule has 1 aliphatic rings. The third kappa shape index (κ3) is 4.88. The van der Waals surface area contributed by atoms with Crippen molar-refractivity contribution in [2.24, 2.45) is 0 Å². The van der Waals surface area contributed by atoms with E-state index in [1.165, 1.54) is 16.2 Å². The number of hydrogen-bond donors (Lipinski definition) is 1. The summed E-state index contributed by atoms with van der Waals surface area (Å²) >= 11 is 1.35. The van der Waals surface area contributed by atoms with Gasteiger partial charge in [0.05, 0.1) is 35.0 Å². The van der Waals surface area contributed by atoms with Gasteiger partial charge >= 0.3 is 5.91 Å². The lowest BCUT2D eigenvalue weighted by atomic mass is 9.95. The molecule has 1 aromatic heterocycles. The van der Waals surface area contributed by atoms with Gasteiger partial charge in [-0.25, -0.2) is 4.98 Å². The van der Waals surface area contributed by atoms with Crippen LogP contribution in [-0.4, -0.2) is 35.0 Å². The van der Waals surface area contributed by atoms with Gasteiger partial charge in [-0.15, -0.1) is 0 Å². The summed E-state index contributed by atoms with van der Waals surface area (Å²) in [5.41, 5.74) is 3.91. The molecule has 1 unspecified atom stereocenters. The fourth-order valence-electron chi connectivity index (χ4n) is 4.85. The van der Waals surface area contributed by atoms with Crippen molar-refractivity contribution in [3.63, 3.8) is 0 Å². The van der Waals surface area contributed by atoms with E-state index in [-0.39, 0.29) is 11.3 Å². The van der Waals surface area contributed by atoms with Crippen LogP contribution in [0.2, 0.25) is 0 Å². The highest BCUT2D eigenvalue weighted by Crippen LogP contribution is 2.46. The molecule has 0 spiro atoms. The number of carbonyl (C=O) groups is 2. The van der Waals surface area contributed by atoms with Crippen LogP contribution < -0.4 is 14.4 Å². The summed E-state index contributed by atoms with van der Waals surface area (Å²) < 4.78 is 12.7. The van der Waals surface area contributed by atoms with Crippen LogP contribution in [0.5, 0.6) is 11.5 Å². The third-order valence-corrected chi connectivity index (χ3v) is 7.56. The molecule has 5 rings (SSSR count). The number of thiazole rings is 1. The molecule has 1 saturated heterocycles. The summed E-state index contributed by atoms with van der Waals surface area (Å²) in [6, 6.07) is 17.3. The molecule has 0 saturated carbocycles. The topological polar surface area (TPSA) is 89.0 Å². The Bertz CT molecular complexity index is 1590. The predicted molar refractivity (Wildman–Crippen MR) is 154 cm³/mol. The van der Waals surface area contributed by atoms with E-state index in [2.05, 4.69) is 0 Å². The van der Waals surface area contributed by atoms with Crippen molar-refractivity contribution < 1.29 is 24.2 Å². The Labute approximate surface area is 231 Å². The minimum Gasteiger partial charge on any atom is -0.507 e. The minimum absolute atomic E-state index is 0.00281. The molecule has 0 aliphatic carbocycles. The number of fused-ring (bicyclic) bond motifs is 1. The molecule has 1 aliphatic heterocycles.